The van der Waals surface area contributed by atoms with Crippen LogP contribution in [-0.4, -0.2) is 19.0 Å². The van der Waals surface area contributed by atoms with Crippen LogP contribution in [0.1, 0.15) is 22.8 Å². The van der Waals surface area contributed by atoms with E-state index in [9.17, 15) is 9.59 Å². The van der Waals surface area contributed by atoms with Crippen LogP contribution in [-0.2, 0) is 16.1 Å². The van der Waals surface area contributed by atoms with Gasteiger partial charge in [0.15, 0.2) is 0 Å². The molecular weight excluding hydrogens is 332 g/mol. The molecule has 0 fully saturated rings. The molecule has 0 aliphatic heterocycles. The van der Waals surface area contributed by atoms with Gasteiger partial charge in [0.1, 0.15) is 18.1 Å². The molecule has 26 heavy (non-hydrogen) atoms. The monoisotopic (exact) mass is 350 g/mol. The molecule has 3 aromatic rings. The SMILES string of the molecule is COC(=O)c1cc(OC(C)=O)c2ccc(OCc3ccccc3)cc2c1. The molecule has 0 unspecified atom stereocenters. The first-order chi connectivity index (χ1) is 12.6. The van der Waals surface area contributed by atoms with E-state index in [2.05, 4.69) is 0 Å². The predicted octanol–water partition coefficient (Wildman–Crippen LogP) is 4.13. The van der Waals surface area contributed by atoms with Gasteiger partial charge in [-0.05, 0) is 41.3 Å². The minimum Gasteiger partial charge on any atom is -0.489 e. The maximum Gasteiger partial charge on any atom is 0.338 e. The second-order valence-corrected chi connectivity index (χ2v) is 5.72. The van der Waals surface area contributed by atoms with Crippen molar-refractivity contribution < 1.29 is 23.8 Å². The Kier molecular flexibility index (Phi) is 5.17. The molecule has 0 N–H and O–H groups in total. The summed E-state index contributed by atoms with van der Waals surface area (Å²) in [7, 11) is 1.30. The van der Waals surface area contributed by atoms with Gasteiger partial charge in [0.2, 0.25) is 0 Å². The highest BCUT2D eigenvalue weighted by Crippen LogP contribution is 2.31. The van der Waals surface area contributed by atoms with Crippen LogP contribution >= 0.6 is 0 Å². The molecule has 0 saturated heterocycles. The Labute approximate surface area is 151 Å². The minimum atomic E-state index is -0.504. The summed E-state index contributed by atoms with van der Waals surface area (Å²) in [5.74, 6) is -0.00391. The van der Waals surface area contributed by atoms with Crippen molar-refractivity contribution in [2.75, 3.05) is 7.11 Å². The molecule has 0 aliphatic rings. The number of fused-ring (bicyclic) bond motifs is 1. The van der Waals surface area contributed by atoms with E-state index in [4.69, 9.17) is 14.2 Å². The Balaban J connectivity index is 1.96. The molecular formula is C21H18O5. The van der Waals surface area contributed by atoms with Crippen molar-refractivity contribution in [1.29, 1.82) is 0 Å². The zero-order valence-corrected chi connectivity index (χ0v) is 14.5. The van der Waals surface area contributed by atoms with Gasteiger partial charge in [0.25, 0.3) is 0 Å². The van der Waals surface area contributed by atoms with E-state index in [-0.39, 0.29) is 0 Å². The van der Waals surface area contributed by atoms with Crippen LogP contribution < -0.4 is 9.47 Å². The summed E-state index contributed by atoms with van der Waals surface area (Å²) in [5, 5.41) is 1.43. The normalized spacial score (nSPS) is 10.4. The fourth-order valence-electron chi connectivity index (χ4n) is 2.62. The van der Waals surface area contributed by atoms with Crippen LogP contribution in [0.3, 0.4) is 0 Å². The topological polar surface area (TPSA) is 61.8 Å². The molecule has 0 aromatic heterocycles. The first-order valence-electron chi connectivity index (χ1n) is 8.08. The van der Waals surface area contributed by atoms with Crippen LogP contribution in [0.5, 0.6) is 11.5 Å². The van der Waals surface area contributed by atoms with Crippen LogP contribution in [0.4, 0.5) is 0 Å². The van der Waals surface area contributed by atoms with Gasteiger partial charge in [-0.25, -0.2) is 4.79 Å². The number of hydrogen-bond donors (Lipinski definition) is 0. The zero-order chi connectivity index (χ0) is 18.5. The van der Waals surface area contributed by atoms with Crippen LogP contribution in [0.25, 0.3) is 10.8 Å². The summed E-state index contributed by atoms with van der Waals surface area (Å²) in [6.07, 6.45) is 0. The van der Waals surface area contributed by atoms with Crippen LogP contribution in [0.15, 0.2) is 60.7 Å². The Morgan fingerprint density at radius 1 is 0.962 bits per heavy atom. The van der Waals surface area contributed by atoms with E-state index in [1.54, 1.807) is 24.3 Å². The quantitative estimate of drug-likeness (QED) is 0.511. The van der Waals surface area contributed by atoms with Gasteiger partial charge in [0.05, 0.1) is 12.7 Å². The number of rotatable bonds is 5. The maximum atomic E-state index is 11.9. The van der Waals surface area contributed by atoms with Crippen molar-refractivity contribution in [2.45, 2.75) is 13.5 Å². The number of esters is 2. The second kappa shape index (κ2) is 7.70. The molecule has 0 spiro atoms. The molecule has 0 atom stereocenters. The number of carbonyl (C=O) groups excluding carboxylic acids is 2. The lowest BCUT2D eigenvalue weighted by Gasteiger charge is -2.11. The lowest BCUT2D eigenvalue weighted by atomic mass is 10.1. The molecule has 3 rings (SSSR count). The smallest absolute Gasteiger partial charge is 0.338 e. The maximum absolute atomic E-state index is 11.9. The van der Waals surface area contributed by atoms with E-state index in [0.29, 0.717) is 29.1 Å². The van der Waals surface area contributed by atoms with Crippen molar-refractivity contribution >= 4 is 22.7 Å². The molecule has 0 radical (unpaired) electrons. The molecule has 0 heterocycles. The standard InChI is InChI=1S/C21H18O5/c1-14(22)26-20-12-17(21(23)24-2)10-16-11-18(8-9-19(16)20)25-13-15-6-4-3-5-7-15/h3-12H,13H2,1-2H3. The number of carbonyl (C=O) groups is 2. The van der Waals surface area contributed by atoms with Gasteiger partial charge in [-0.1, -0.05) is 30.3 Å². The van der Waals surface area contributed by atoms with E-state index in [1.807, 2.05) is 30.3 Å². The minimum absolute atomic E-state index is 0.302. The molecule has 132 valence electrons. The molecule has 5 heteroatoms. The number of methoxy groups -OCH3 is 1. The van der Waals surface area contributed by atoms with Crippen molar-refractivity contribution in [3.8, 4) is 11.5 Å². The van der Waals surface area contributed by atoms with Gasteiger partial charge >= 0.3 is 11.9 Å². The van der Waals surface area contributed by atoms with Crippen molar-refractivity contribution in [2.24, 2.45) is 0 Å². The first-order valence-corrected chi connectivity index (χ1v) is 8.08. The van der Waals surface area contributed by atoms with Gasteiger partial charge in [0, 0.05) is 12.3 Å². The predicted molar refractivity (Wildman–Crippen MR) is 97.4 cm³/mol. The number of benzene rings is 3. The number of ether oxygens (including phenoxy) is 3. The lowest BCUT2D eigenvalue weighted by molar-refractivity contribution is -0.131. The summed E-state index contributed by atoms with van der Waals surface area (Å²) in [6.45, 7) is 1.74. The van der Waals surface area contributed by atoms with Crippen molar-refractivity contribution in [3.63, 3.8) is 0 Å². The lowest BCUT2D eigenvalue weighted by Crippen LogP contribution is -2.06. The largest absolute Gasteiger partial charge is 0.489 e. The molecule has 0 amide bonds. The third-order valence-corrected chi connectivity index (χ3v) is 3.81. The summed E-state index contributed by atoms with van der Waals surface area (Å²) in [6, 6.07) is 18.4. The van der Waals surface area contributed by atoms with Gasteiger partial charge in [-0.15, -0.1) is 0 Å². The highest BCUT2D eigenvalue weighted by atomic mass is 16.5. The van der Waals surface area contributed by atoms with E-state index in [1.165, 1.54) is 20.1 Å². The Hall–Kier alpha value is -3.34. The zero-order valence-electron chi connectivity index (χ0n) is 14.5. The van der Waals surface area contributed by atoms with Gasteiger partial charge in [-0.2, -0.15) is 0 Å². The fourth-order valence-corrected chi connectivity index (χ4v) is 2.62. The Morgan fingerprint density at radius 3 is 2.42 bits per heavy atom. The Morgan fingerprint density at radius 2 is 1.73 bits per heavy atom. The van der Waals surface area contributed by atoms with E-state index >= 15 is 0 Å². The molecule has 0 bridgehead atoms. The molecule has 0 saturated carbocycles. The Bertz CT molecular complexity index is 947. The first kappa shape index (κ1) is 17.5. The molecule has 3 aromatic carbocycles. The van der Waals surface area contributed by atoms with Gasteiger partial charge in [-0.3, -0.25) is 4.79 Å². The summed E-state index contributed by atoms with van der Waals surface area (Å²) in [5.41, 5.74) is 1.35. The third-order valence-electron chi connectivity index (χ3n) is 3.81. The van der Waals surface area contributed by atoms with Crippen molar-refractivity contribution in [3.05, 3.63) is 71.8 Å². The average Bonchev–Trinajstić information content (AvgIpc) is 2.65. The molecule has 5 nitrogen and oxygen atoms in total. The molecule has 0 aliphatic carbocycles. The van der Waals surface area contributed by atoms with E-state index < -0.39 is 11.9 Å². The van der Waals surface area contributed by atoms with Crippen LogP contribution in [0, 0.1) is 0 Å². The fraction of sp³-hybridized carbons (Fsp3) is 0.143. The summed E-state index contributed by atoms with van der Waals surface area (Å²) in [4.78, 5) is 23.3. The second-order valence-electron chi connectivity index (χ2n) is 5.72. The third kappa shape index (κ3) is 4.00. The van der Waals surface area contributed by atoms with E-state index in [0.717, 1.165) is 10.9 Å². The van der Waals surface area contributed by atoms with Crippen LogP contribution in [0.2, 0.25) is 0 Å². The van der Waals surface area contributed by atoms with Gasteiger partial charge < -0.3 is 14.2 Å². The van der Waals surface area contributed by atoms with Crippen molar-refractivity contribution in [1.82, 2.24) is 0 Å². The highest BCUT2D eigenvalue weighted by molar-refractivity contribution is 5.99. The summed E-state index contributed by atoms with van der Waals surface area (Å²) >= 11 is 0. The average molecular weight is 350 g/mol. The number of hydrogen-bond acceptors (Lipinski definition) is 5. The highest BCUT2D eigenvalue weighted by Gasteiger charge is 2.13. The summed E-state index contributed by atoms with van der Waals surface area (Å²) < 4.78 is 15.8.